The van der Waals surface area contributed by atoms with Gasteiger partial charge in [-0.2, -0.15) is 4.31 Å². The molecule has 0 atom stereocenters. The Kier molecular flexibility index (Phi) is 6.31. The molecule has 5 nitrogen and oxygen atoms in total. The van der Waals surface area contributed by atoms with Crippen LogP contribution < -0.4 is 5.32 Å². The molecule has 0 fully saturated rings. The van der Waals surface area contributed by atoms with E-state index in [1.165, 1.54) is 10.4 Å². The van der Waals surface area contributed by atoms with Gasteiger partial charge >= 0.3 is 0 Å². The number of anilines is 1. The third-order valence-electron chi connectivity index (χ3n) is 3.63. The van der Waals surface area contributed by atoms with Crippen molar-refractivity contribution in [1.82, 2.24) is 4.31 Å². The van der Waals surface area contributed by atoms with Crippen LogP contribution in [0.5, 0.6) is 0 Å². The fourth-order valence-corrected chi connectivity index (χ4v) is 4.03. The highest BCUT2D eigenvalue weighted by Crippen LogP contribution is 2.21. The molecule has 0 aliphatic carbocycles. The Morgan fingerprint density at radius 3 is 2.28 bits per heavy atom. The van der Waals surface area contributed by atoms with Gasteiger partial charge in [-0.25, -0.2) is 12.8 Å². The average molecular weight is 429 g/mol. The first-order valence-electron chi connectivity index (χ1n) is 7.66. The molecule has 0 spiro atoms. The summed E-state index contributed by atoms with van der Waals surface area (Å²) in [6.07, 6.45) is 0. The van der Waals surface area contributed by atoms with Crippen molar-refractivity contribution in [2.24, 2.45) is 0 Å². The minimum absolute atomic E-state index is 0.112. The lowest BCUT2D eigenvalue weighted by Gasteiger charge is -2.19. The standard InChI is InChI=1S/C17H18BrFN2O3S/c1-3-21(4-2)25(23,24)14-9-10-16(19)15(11-14)17(22)20-13-7-5-12(18)6-8-13/h5-11H,3-4H2,1-2H3,(H,20,22). The molecule has 2 aromatic carbocycles. The Bertz CT molecular complexity index is 866. The molecule has 0 aromatic heterocycles. The summed E-state index contributed by atoms with van der Waals surface area (Å²) < 4.78 is 41.2. The molecule has 0 saturated heterocycles. The fraction of sp³-hybridized carbons (Fsp3) is 0.235. The lowest BCUT2D eigenvalue weighted by atomic mass is 10.2. The highest BCUT2D eigenvalue weighted by atomic mass is 79.9. The number of carbonyl (C=O) groups is 1. The van der Waals surface area contributed by atoms with Gasteiger partial charge < -0.3 is 5.32 Å². The van der Waals surface area contributed by atoms with Crippen LogP contribution in [0.15, 0.2) is 51.8 Å². The predicted octanol–water partition coefficient (Wildman–Crippen LogP) is 3.87. The van der Waals surface area contributed by atoms with Gasteiger partial charge in [0, 0.05) is 23.2 Å². The van der Waals surface area contributed by atoms with Crippen molar-refractivity contribution in [1.29, 1.82) is 0 Å². The van der Waals surface area contributed by atoms with E-state index in [0.717, 1.165) is 16.6 Å². The van der Waals surface area contributed by atoms with Crippen molar-refractivity contribution in [2.45, 2.75) is 18.7 Å². The Hall–Kier alpha value is -1.77. The second-order valence-electron chi connectivity index (χ2n) is 5.19. The second-order valence-corrected chi connectivity index (χ2v) is 8.05. The van der Waals surface area contributed by atoms with Gasteiger partial charge in [-0.05, 0) is 42.5 Å². The lowest BCUT2D eigenvalue weighted by Crippen LogP contribution is -2.31. The summed E-state index contributed by atoms with van der Waals surface area (Å²) in [6.45, 7) is 4.00. The van der Waals surface area contributed by atoms with E-state index in [-0.39, 0.29) is 23.5 Å². The van der Waals surface area contributed by atoms with Gasteiger partial charge in [0.1, 0.15) is 5.82 Å². The van der Waals surface area contributed by atoms with E-state index in [1.54, 1.807) is 38.1 Å². The maximum atomic E-state index is 14.1. The molecule has 8 heteroatoms. The molecule has 1 N–H and O–H groups in total. The summed E-state index contributed by atoms with van der Waals surface area (Å²) in [5.41, 5.74) is 0.153. The minimum atomic E-state index is -3.77. The molecule has 0 bridgehead atoms. The summed E-state index contributed by atoms with van der Waals surface area (Å²) in [4.78, 5) is 12.2. The SMILES string of the molecule is CCN(CC)S(=O)(=O)c1ccc(F)c(C(=O)Nc2ccc(Br)cc2)c1. The van der Waals surface area contributed by atoms with Crippen LogP contribution in [0.3, 0.4) is 0 Å². The highest BCUT2D eigenvalue weighted by Gasteiger charge is 2.24. The van der Waals surface area contributed by atoms with E-state index < -0.39 is 21.7 Å². The van der Waals surface area contributed by atoms with Crippen LogP contribution >= 0.6 is 15.9 Å². The summed E-state index contributed by atoms with van der Waals surface area (Å²) in [7, 11) is -3.77. The first kappa shape index (κ1) is 19.6. The van der Waals surface area contributed by atoms with Gasteiger partial charge in [0.25, 0.3) is 5.91 Å². The molecule has 2 aromatic rings. The van der Waals surface area contributed by atoms with Crippen molar-refractivity contribution in [3.8, 4) is 0 Å². The highest BCUT2D eigenvalue weighted by molar-refractivity contribution is 9.10. The second kappa shape index (κ2) is 8.07. The number of hydrogen-bond donors (Lipinski definition) is 1. The molecule has 1 amide bonds. The van der Waals surface area contributed by atoms with Crippen LogP contribution in [0.25, 0.3) is 0 Å². The monoisotopic (exact) mass is 428 g/mol. The third-order valence-corrected chi connectivity index (χ3v) is 6.20. The first-order valence-corrected chi connectivity index (χ1v) is 9.89. The van der Waals surface area contributed by atoms with Gasteiger partial charge in [-0.3, -0.25) is 4.79 Å². The zero-order valence-corrected chi connectivity index (χ0v) is 16.2. The van der Waals surface area contributed by atoms with E-state index in [9.17, 15) is 17.6 Å². The largest absolute Gasteiger partial charge is 0.322 e. The predicted molar refractivity (Wildman–Crippen MR) is 98.6 cm³/mol. The van der Waals surface area contributed by atoms with Crippen molar-refractivity contribution >= 4 is 37.5 Å². The summed E-state index contributed by atoms with van der Waals surface area (Å²) in [5.74, 6) is -1.50. The van der Waals surface area contributed by atoms with E-state index in [1.807, 2.05) is 0 Å². The number of carbonyl (C=O) groups excluding carboxylic acids is 1. The van der Waals surface area contributed by atoms with Crippen molar-refractivity contribution < 1.29 is 17.6 Å². The molecule has 134 valence electrons. The van der Waals surface area contributed by atoms with Crippen LogP contribution in [0.4, 0.5) is 10.1 Å². The minimum Gasteiger partial charge on any atom is -0.322 e. The normalized spacial score (nSPS) is 11.6. The topological polar surface area (TPSA) is 66.5 Å². The molecule has 0 radical (unpaired) electrons. The zero-order valence-electron chi connectivity index (χ0n) is 13.8. The smallest absolute Gasteiger partial charge is 0.258 e. The zero-order chi connectivity index (χ0) is 18.6. The third kappa shape index (κ3) is 4.45. The number of nitrogens with one attached hydrogen (secondary N) is 1. The Morgan fingerprint density at radius 2 is 1.72 bits per heavy atom. The maximum absolute atomic E-state index is 14.1. The Balaban J connectivity index is 2.35. The number of nitrogens with zero attached hydrogens (tertiary/aromatic N) is 1. The fourth-order valence-electron chi connectivity index (χ4n) is 2.28. The maximum Gasteiger partial charge on any atom is 0.258 e. The van der Waals surface area contributed by atoms with E-state index in [0.29, 0.717) is 5.69 Å². The lowest BCUT2D eigenvalue weighted by molar-refractivity contribution is 0.102. The van der Waals surface area contributed by atoms with Crippen LogP contribution in [0.1, 0.15) is 24.2 Å². The number of benzene rings is 2. The van der Waals surface area contributed by atoms with Crippen LogP contribution in [-0.2, 0) is 10.0 Å². The number of halogens is 2. The van der Waals surface area contributed by atoms with Crippen LogP contribution in [0.2, 0.25) is 0 Å². The van der Waals surface area contributed by atoms with Gasteiger partial charge in [0.2, 0.25) is 10.0 Å². The molecule has 0 aliphatic rings. The molecular formula is C17H18BrFN2O3S. The van der Waals surface area contributed by atoms with Crippen molar-refractivity contribution in [2.75, 3.05) is 18.4 Å². The van der Waals surface area contributed by atoms with Gasteiger partial charge in [-0.15, -0.1) is 0 Å². The number of rotatable bonds is 6. The molecular weight excluding hydrogens is 411 g/mol. The molecule has 25 heavy (non-hydrogen) atoms. The van der Waals surface area contributed by atoms with Crippen molar-refractivity contribution in [3.63, 3.8) is 0 Å². The molecule has 0 unspecified atom stereocenters. The molecule has 0 heterocycles. The van der Waals surface area contributed by atoms with Crippen molar-refractivity contribution in [3.05, 3.63) is 58.3 Å². The quantitative estimate of drug-likeness (QED) is 0.758. The number of hydrogen-bond acceptors (Lipinski definition) is 3. The summed E-state index contributed by atoms with van der Waals surface area (Å²) in [6, 6.07) is 9.98. The first-order chi connectivity index (χ1) is 11.8. The Labute approximate surface area is 155 Å². The summed E-state index contributed by atoms with van der Waals surface area (Å²) in [5, 5.41) is 2.55. The van der Waals surface area contributed by atoms with Crippen LogP contribution in [-0.4, -0.2) is 31.7 Å². The molecule has 2 rings (SSSR count). The average Bonchev–Trinajstić information content (AvgIpc) is 2.58. The van der Waals surface area contributed by atoms with Gasteiger partial charge in [0.15, 0.2) is 0 Å². The molecule has 0 saturated carbocycles. The van der Waals surface area contributed by atoms with E-state index in [4.69, 9.17) is 0 Å². The number of amides is 1. The number of sulfonamides is 1. The summed E-state index contributed by atoms with van der Waals surface area (Å²) >= 11 is 3.28. The molecule has 0 aliphatic heterocycles. The van der Waals surface area contributed by atoms with E-state index in [2.05, 4.69) is 21.2 Å². The van der Waals surface area contributed by atoms with Gasteiger partial charge in [-0.1, -0.05) is 29.8 Å². The van der Waals surface area contributed by atoms with E-state index >= 15 is 0 Å². The Morgan fingerprint density at radius 1 is 1.12 bits per heavy atom. The van der Waals surface area contributed by atoms with Gasteiger partial charge in [0.05, 0.1) is 10.5 Å². The van der Waals surface area contributed by atoms with Crippen LogP contribution in [0, 0.1) is 5.82 Å².